The monoisotopic (exact) mass is 324 g/mol. The molecular formula is C16H25ClN2OSi. The van der Waals surface area contributed by atoms with Gasteiger partial charge in [-0.2, -0.15) is 0 Å². The van der Waals surface area contributed by atoms with Gasteiger partial charge < -0.3 is 9.80 Å². The van der Waals surface area contributed by atoms with E-state index in [0.717, 1.165) is 32.6 Å². The molecule has 1 aliphatic rings. The van der Waals surface area contributed by atoms with Crippen LogP contribution in [0.1, 0.15) is 16.8 Å². The summed E-state index contributed by atoms with van der Waals surface area (Å²) in [5.41, 5.74) is 0.623. The number of halogens is 1. The minimum Gasteiger partial charge on any atom is -0.337 e. The number of amides is 1. The Morgan fingerprint density at radius 2 is 1.86 bits per heavy atom. The maximum atomic E-state index is 12.6. The molecule has 21 heavy (non-hydrogen) atoms. The molecular weight excluding hydrogens is 300 g/mol. The molecule has 0 atom stereocenters. The molecule has 1 saturated heterocycles. The lowest BCUT2D eigenvalue weighted by Gasteiger charge is -2.27. The summed E-state index contributed by atoms with van der Waals surface area (Å²) >= 11 is 6.14. The van der Waals surface area contributed by atoms with Crippen LogP contribution in [0, 0.1) is 0 Å². The average molecular weight is 325 g/mol. The highest BCUT2D eigenvalue weighted by Gasteiger charge is 2.24. The van der Waals surface area contributed by atoms with Crippen molar-refractivity contribution >= 4 is 25.6 Å². The molecule has 0 aliphatic carbocycles. The zero-order valence-electron chi connectivity index (χ0n) is 13.2. The van der Waals surface area contributed by atoms with Crippen LogP contribution in [0.4, 0.5) is 0 Å². The number of hydrogen-bond acceptors (Lipinski definition) is 2. The van der Waals surface area contributed by atoms with Crippen molar-refractivity contribution in [3.8, 4) is 0 Å². The van der Waals surface area contributed by atoms with E-state index in [4.69, 9.17) is 11.6 Å². The van der Waals surface area contributed by atoms with Crippen LogP contribution in [-0.2, 0) is 0 Å². The molecule has 5 heteroatoms. The molecule has 1 aromatic carbocycles. The molecule has 116 valence electrons. The van der Waals surface area contributed by atoms with Gasteiger partial charge in [0.05, 0.1) is 18.7 Å². The fraction of sp³-hybridized carbons (Fsp3) is 0.562. The zero-order valence-corrected chi connectivity index (χ0v) is 15.0. The van der Waals surface area contributed by atoms with Crippen molar-refractivity contribution < 1.29 is 4.79 Å². The Labute approximate surface area is 133 Å². The average Bonchev–Trinajstić information content (AvgIpc) is 2.62. The summed E-state index contributed by atoms with van der Waals surface area (Å²) < 4.78 is 0. The van der Waals surface area contributed by atoms with E-state index in [2.05, 4.69) is 24.5 Å². The van der Waals surface area contributed by atoms with E-state index in [1.54, 1.807) is 6.07 Å². The summed E-state index contributed by atoms with van der Waals surface area (Å²) in [4.78, 5) is 17.1. The van der Waals surface area contributed by atoms with Crippen molar-refractivity contribution in [1.82, 2.24) is 9.80 Å². The first-order valence-electron chi connectivity index (χ1n) is 7.63. The largest absolute Gasteiger partial charge is 0.337 e. The van der Waals surface area contributed by atoms with Crippen molar-refractivity contribution in [1.29, 1.82) is 0 Å². The standard InChI is InChI=1S/C16H25ClN2OSi/c1-21(2,3)13-18-9-6-10-19(12-11-18)16(20)14-7-4-5-8-15(14)17/h4-5,7-8H,6,9-13H2,1-3H3. The van der Waals surface area contributed by atoms with Crippen LogP contribution >= 0.6 is 11.6 Å². The zero-order chi connectivity index (χ0) is 15.5. The minimum absolute atomic E-state index is 0.0652. The quantitative estimate of drug-likeness (QED) is 0.796. The van der Waals surface area contributed by atoms with Gasteiger partial charge >= 0.3 is 0 Å². The lowest BCUT2D eigenvalue weighted by Crippen LogP contribution is -2.42. The van der Waals surface area contributed by atoms with E-state index < -0.39 is 8.07 Å². The second-order valence-corrected chi connectivity index (χ2v) is 12.8. The summed E-state index contributed by atoms with van der Waals surface area (Å²) in [6.45, 7) is 10.9. The van der Waals surface area contributed by atoms with Crippen molar-refractivity contribution in [2.24, 2.45) is 0 Å². The van der Waals surface area contributed by atoms with Crippen molar-refractivity contribution in [2.75, 3.05) is 32.3 Å². The van der Waals surface area contributed by atoms with Gasteiger partial charge in [0.1, 0.15) is 0 Å². The molecule has 0 radical (unpaired) electrons. The Morgan fingerprint density at radius 3 is 2.52 bits per heavy atom. The predicted molar refractivity (Wildman–Crippen MR) is 91.8 cm³/mol. The van der Waals surface area contributed by atoms with Crippen molar-refractivity contribution in [3.63, 3.8) is 0 Å². The fourth-order valence-electron chi connectivity index (χ4n) is 2.81. The number of nitrogens with zero attached hydrogens (tertiary/aromatic N) is 2. The molecule has 2 rings (SSSR count). The number of benzene rings is 1. The minimum atomic E-state index is -1.09. The van der Waals surface area contributed by atoms with Crippen LogP contribution in [0.3, 0.4) is 0 Å². The predicted octanol–water partition coefficient (Wildman–Crippen LogP) is 3.37. The summed E-state index contributed by atoms with van der Waals surface area (Å²) in [5, 5.41) is 0.547. The molecule has 0 aromatic heterocycles. The molecule has 1 aliphatic heterocycles. The van der Waals surface area contributed by atoms with Crippen molar-refractivity contribution in [3.05, 3.63) is 34.9 Å². The van der Waals surface area contributed by atoms with Gasteiger partial charge in [-0.15, -0.1) is 0 Å². The van der Waals surface area contributed by atoms with Gasteiger partial charge in [0.15, 0.2) is 0 Å². The third kappa shape index (κ3) is 4.83. The summed E-state index contributed by atoms with van der Waals surface area (Å²) in [6.07, 6.45) is 2.25. The second kappa shape index (κ2) is 6.94. The molecule has 0 N–H and O–H groups in total. The normalized spacial score (nSPS) is 17.6. The highest BCUT2D eigenvalue weighted by Crippen LogP contribution is 2.18. The summed E-state index contributed by atoms with van der Waals surface area (Å²) in [6, 6.07) is 7.32. The van der Waals surface area contributed by atoms with Crippen LogP contribution in [0.2, 0.25) is 24.7 Å². The Balaban J connectivity index is 2.00. The lowest BCUT2D eigenvalue weighted by atomic mass is 10.2. The molecule has 1 amide bonds. The summed E-state index contributed by atoms with van der Waals surface area (Å²) in [5.74, 6) is 0.0652. The van der Waals surface area contributed by atoms with Gasteiger partial charge in [-0.1, -0.05) is 43.4 Å². The Bertz CT molecular complexity index is 501. The smallest absolute Gasteiger partial charge is 0.255 e. The second-order valence-electron chi connectivity index (χ2n) is 6.96. The van der Waals surface area contributed by atoms with Gasteiger partial charge in [0, 0.05) is 19.6 Å². The fourth-order valence-corrected chi connectivity index (χ4v) is 4.68. The van der Waals surface area contributed by atoms with Gasteiger partial charge in [-0.25, -0.2) is 0 Å². The lowest BCUT2D eigenvalue weighted by molar-refractivity contribution is 0.0762. The Kier molecular flexibility index (Phi) is 5.46. The third-order valence-electron chi connectivity index (χ3n) is 3.68. The summed E-state index contributed by atoms with van der Waals surface area (Å²) in [7, 11) is -1.09. The topological polar surface area (TPSA) is 23.6 Å². The molecule has 0 saturated carbocycles. The maximum Gasteiger partial charge on any atom is 0.255 e. The molecule has 0 unspecified atom stereocenters. The first kappa shape index (κ1) is 16.5. The first-order chi connectivity index (χ1) is 9.87. The Morgan fingerprint density at radius 1 is 1.14 bits per heavy atom. The van der Waals surface area contributed by atoms with E-state index in [9.17, 15) is 4.79 Å². The van der Waals surface area contributed by atoms with Crippen LogP contribution < -0.4 is 0 Å². The van der Waals surface area contributed by atoms with Crippen LogP contribution in [-0.4, -0.2) is 56.1 Å². The van der Waals surface area contributed by atoms with Crippen LogP contribution in [0.15, 0.2) is 24.3 Å². The van der Waals surface area contributed by atoms with Gasteiger partial charge in [0.25, 0.3) is 5.91 Å². The van der Waals surface area contributed by atoms with Gasteiger partial charge in [0.2, 0.25) is 0 Å². The molecule has 1 fully saturated rings. The van der Waals surface area contributed by atoms with Gasteiger partial charge in [-0.3, -0.25) is 4.79 Å². The van der Waals surface area contributed by atoms with Crippen LogP contribution in [0.25, 0.3) is 0 Å². The van der Waals surface area contributed by atoms with Crippen molar-refractivity contribution in [2.45, 2.75) is 26.1 Å². The van der Waals surface area contributed by atoms with E-state index in [0.29, 0.717) is 10.6 Å². The molecule has 1 heterocycles. The van der Waals surface area contributed by atoms with E-state index in [-0.39, 0.29) is 5.91 Å². The molecule has 3 nitrogen and oxygen atoms in total. The molecule has 0 bridgehead atoms. The maximum absolute atomic E-state index is 12.6. The highest BCUT2D eigenvalue weighted by atomic mass is 35.5. The SMILES string of the molecule is C[Si](C)(C)CN1CCCN(C(=O)c2ccccc2Cl)CC1. The van der Waals surface area contributed by atoms with Gasteiger partial charge in [-0.05, 0) is 31.3 Å². The third-order valence-corrected chi connectivity index (χ3v) is 5.40. The number of carbonyl (C=O) groups excluding carboxylic acids is 1. The highest BCUT2D eigenvalue weighted by molar-refractivity contribution is 6.76. The molecule has 0 spiro atoms. The van der Waals surface area contributed by atoms with Crippen LogP contribution in [0.5, 0.6) is 0 Å². The molecule has 1 aromatic rings. The van der Waals surface area contributed by atoms with E-state index in [1.165, 1.54) is 6.17 Å². The van der Waals surface area contributed by atoms with E-state index in [1.807, 2.05) is 23.1 Å². The van der Waals surface area contributed by atoms with E-state index >= 15 is 0 Å². The number of carbonyl (C=O) groups is 1. The number of hydrogen-bond donors (Lipinski definition) is 0. The first-order valence-corrected chi connectivity index (χ1v) is 11.7. The Hall–Kier alpha value is -0.843. The number of rotatable bonds is 3.